The lowest BCUT2D eigenvalue weighted by Gasteiger charge is -2.16. The number of carbonyl (C=O) groups is 3. The van der Waals surface area contributed by atoms with E-state index in [1.807, 2.05) is 18.2 Å². The number of ether oxygens (including phenoxy) is 3. The average Bonchev–Trinajstić information content (AvgIpc) is 3.06. The number of rotatable bonds is 8. The summed E-state index contributed by atoms with van der Waals surface area (Å²) in [6, 6.07) is 11.2. The monoisotopic (exact) mass is 412 g/mol. The van der Waals surface area contributed by atoms with Gasteiger partial charge in [0.25, 0.3) is 5.91 Å². The van der Waals surface area contributed by atoms with Crippen molar-refractivity contribution < 1.29 is 28.6 Å². The standard InChI is InChI=1S/C22H24N2O6/c1-28-18-9-4-14(12-19(18)29-2)10-11-23-17-13-20(25)24(21(17)26)16-7-5-15(6-8-16)22(27)30-3/h4-9,12,17,23H,10-11,13H2,1-3H3/t17-/m0/s1. The summed E-state index contributed by atoms with van der Waals surface area (Å²) < 4.78 is 15.2. The third kappa shape index (κ3) is 4.44. The van der Waals surface area contributed by atoms with Crippen LogP contribution in [0.15, 0.2) is 42.5 Å². The fourth-order valence-electron chi connectivity index (χ4n) is 3.35. The van der Waals surface area contributed by atoms with Gasteiger partial charge in [-0.25, -0.2) is 9.69 Å². The molecule has 158 valence electrons. The first kappa shape index (κ1) is 21.3. The van der Waals surface area contributed by atoms with E-state index < -0.39 is 12.0 Å². The van der Waals surface area contributed by atoms with Crippen LogP contribution >= 0.6 is 0 Å². The summed E-state index contributed by atoms with van der Waals surface area (Å²) in [7, 11) is 4.45. The first-order valence-electron chi connectivity index (χ1n) is 9.48. The number of imide groups is 1. The van der Waals surface area contributed by atoms with Gasteiger partial charge in [0.1, 0.15) is 0 Å². The molecule has 0 aliphatic carbocycles. The third-order valence-corrected chi connectivity index (χ3v) is 4.95. The number of amides is 2. The fraction of sp³-hybridized carbons (Fsp3) is 0.318. The Balaban J connectivity index is 1.60. The molecule has 0 spiro atoms. The van der Waals surface area contributed by atoms with Crippen LogP contribution in [0.5, 0.6) is 11.5 Å². The molecule has 0 unspecified atom stereocenters. The lowest BCUT2D eigenvalue weighted by Crippen LogP contribution is -2.39. The van der Waals surface area contributed by atoms with Crippen molar-refractivity contribution in [2.45, 2.75) is 18.9 Å². The topological polar surface area (TPSA) is 94.2 Å². The Bertz CT molecular complexity index is 941. The van der Waals surface area contributed by atoms with E-state index in [0.717, 1.165) is 10.5 Å². The highest BCUT2D eigenvalue weighted by Crippen LogP contribution is 2.28. The van der Waals surface area contributed by atoms with Crippen molar-refractivity contribution in [2.24, 2.45) is 0 Å². The fourth-order valence-corrected chi connectivity index (χ4v) is 3.35. The molecule has 1 atom stereocenters. The largest absolute Gasteiger partial charge is 0.493 e. The summed E-state index contributed by atoms with van der Waals surface area (Å²) in [4.78, 5) is 37.8. The summed E-state index contributed by atoms with van der Waals surface area (Å²) in [6.45, 7) is 0.522. The van der Waals surface area contributed by atoms with E-state index in [9.17, 15) is 14.4 Å². The number of carbonyl (C=O) groups excluding carboxylic acids is 3. The number of nitrogens with zero attached hydrogens (tertiary/aromatic N) is 1. The Kier molecular flexibility index (Phi) is 6.68. The SMILES string of the molecule is COC(=O)c1ccc(N2C(=O)C[C@H](NCCc3ccc(OC)c(OC)c3)C2=O)cc1. The Hall–Kier alpha value is -3.39. The van der Waals surface area contributed by atoms with Gasteiger partial charge >= 0.3 is 5.97 Å². The van der Waals surface area contributed by atoms with E-state index in [0.29, 0.717) is 35.7 Å². The van der Waals surface area contributed by atoms with Crippen LogP contribution in [-0.4, -0.2) is 51.7 Å². The van der Waals surface area contributed by atoms with Crippen LogP contribution in [0.25, 0.3) is 0 Å². The normalized spacial score (nSPS) is 16.0. The number of nitrogens with one attached hydrogen (secondary N) is 1. The minimum atomic E-state index is -0.585. The van der Waals surface area contributed by atoms with E-state index in [1.54, 1.807) is 26.4 Å². The van der Waals surface area contributed by atoms with E-state index in [4.69, 9.17) is 9.47 Å². The molecule has 1 N–H and O–H groups in total. The molecular formula is C22H24N2O6. The average molecular weight is 412 g/mol. The summed E-state index contributed by atoms with van der Waals surface area (Å²) in [5.41, 5.74) is 1.80. The van der Waals surface area contributed by atoms with E-state index in [-0.39, 0.29) is 18.2 Å². The highest BCUT2D eigenvalue weighted by Gasteiger charge is 2.39. The zero-order valence-corrected chi connectivity index (χ0v) is 17.1. The molecule has 8 nitrogen and oxygen atoms in total. The van der Waals surface area contributed by atoms with Gasteiger partial charge in [0.15, 0.2) is 11.5 Å². The van der Waals surface area contributed by atoms with Gasteiger partial charge < -0.3 is 19.5 Å². The summed E-state index contributed by atoms with van der Waals surface area (Å²) in [5.74, 6) is 0.228. The molecule has 1 heterocycles. The molecule has 1 aliphatic heterocycles. The summed E-state index contributed by atoms with van der Waals surface area (Å²) in [6.07, 6.45) is 0.746. The Morgan fingerprint density at radius 3 is 2.37 bits per heavy atom. The molecule has 2 aromatic carbocycles. The summed E-state index contributed by atoms with van der Waals surface area (Å²) >= 11 is 0. The Labute approximate surface area is 174 Å². The molecule has 1 aliphatic rings. The van der Waals surface area contributed by atoms with Crippen LogP contribution in [0.2, 0.25) is 0 Å². The van der Waals surface area contributed by atoms with E-state index in [2.05, 4.69) is 10.1 Å². The van der Waals surface area contributed by atoms with E-state index in [1.165, 1.54) is 19.2 Å². The number of methoxy groups -OCH3 is 3. The van der Waals surface area contributed by atoms with Gasteiger partial charge in [0, 0.05) is 0 Å². The molecule has 0 radical (unpaired) electrons. The number of esters is 1. The molecule has 30 heavy (non-hydrogen) atoms. The number of hydrogen-bond acceptors (Lipinski definition) is 7. The Morgan fingerprint density at radius 1 is 1.03 bits per heavy atom. The second-order valence-electron chi connectivity index (χ2n) is 6.76. The lowest BCUT2D eigenvalue weighted by molar-refractivity contribution is -0.121. The first-order valence-corrected chi connectivity index (χ1v) is 9.48. The first-order chi connectivity index (χ1) is 14.5. The number of benzene rings is 2. The maximum atomic E-state index is 12.7. The van der Waals surface area contributed by atoms with Crippen LogP contribution < -0.4 is 19.7 Å². The van der Waals surface area contributed by atoms with Crippen molar-refractivity contribution in [1.82, 2.24) is 5.32 Å². The predicted molar refractivity (Wildman–Crippen MR) is 110 cm³/mol. The second kappa shape index (κ2) is 9.41. The number of hydrogen-bond donors (Lipinski definition) is 1. The van der Waals surface area contributed by atoms with Crippen molar-refractivity contribution >= 4 is 23.5 Å². The lowest BCUT2D eigenvalue weighted by atomic mass is 10.1. The maximum absolute atomic E-state index is 12.7. The quantitative estimate of drug-likeness (QED) is 0.523. The molecule has 1 fully saturated rings. The molecule has 2 aromatic rings. The molecule has 0 bridgehead atoms. The minimum absolute atomic E-state index is 0.0868. The molecular weight excluding hydrogens is 388 g/mol. The zero-order valence-electron chi connectivity index (χ0n) is 17.1. The van der Waals surface area contributed by atoms with Gasteiger partial charge in [-0.15, -0.1) is 0 Å². The highest BCUT2D eigenvalue weighted by atomic mass is 16.5. The van der Waals surface area contributed by atoms with Crippen LogP contribution in [0, 0.1) is 0 Å². The van der Waals surface area contributed by atoms with Crippen molar-refractivity contribution in [2.75, 3.05) is 32.8 Å². The highest BCUT2D eigenvalue weighted by molar-refractivity contribution is 6.22. The number of anilines is 1. The van der Waals surface area contributed by atoms with Crippen molar-refractivity contribution in [3.63, 3.8) is 0 Å². The van der Waals surface area contributed by atoms with Crippen molar-refractivity contribution in [3.05, 3.63) is 53.6 Å². The van der Waals surface area contributed by atoms with Crippen LogP contribution in [0.4, 0.5) is 5.69 Å². The van der Waals surface area contributed by atoms with Crippen molar-refractivity contribution in [1.29, 1.82) is 0 Å². The van der Waals surface area contributed by atoms with Gasteiger partial charge in [-0.05, 0) is 54.9 Å². The van der Waals surface area contributed by atoms with Crippen LogP contribution in [0.3, 0.4) is 0 Å². The minimum Gasteiger partial charge on any atom is -0.493 e. The molecule has 8 heteroatoms. The van der Waals surface area contributed by atoms with E-state index >= 15 is 0 Å². The predicted octanol–water partition coefficient (Wildman–Crippen LogP) is 1.95. The van der Waals surface area contributed by atoms with Gasteiger partial charge in [0.2, 0.25) is 5.91 Å². The second-order valence-corrected chi connectivity index (χ2v) is 6.76. The van der Waals surface area contributed by atoms with Crippen molar-refractivity contribution in [3.8, 4) is 11.5 Å². The Morgan fingerprint density at radius 2 is 1.73 bits per heavy atom. The summed E-state index contributed by atoms with van der Waals surface area (Å²) in [5, 5.41) is 3.16. The van der Waals surface area contributed by atoms with Gasteiger partial charge in [-0.3, -0.25) is 9.59 Å². The molecule has 0 saturated carbocycles. The zero-order chi connectivity index (χ0) is 21.7. The maximum Gasteiger partial charge on any atom is 0.337 e. The molecule has 1 saturated heterocycles. The molecule has 0 aromatic heterocycles. The van der Waals surface area contributed by atoms with Gasteiger partial charge in [0.05, 0.1) is 45.0 Å². The van der Waals surface area contributed by atoms with Gasteiger partial charge in [-0.1, -0.05) is 6.07 Å². The smallest absolute Gasteiger partial charge is 0.337 e. The molecule has 3 rings (SSSR count). The molecule has 2 amide bonds. The third-order valence-electron chi connectivity index (χ3n) is 4.95. The van der Waals surface area contributed by atoms with Gasteiger partial charge in [-0.2, -0.15) is 0 Å². The van der Waals surface area contributed by atoms with Crippen LogP contribution in [0.1, 0.15) is 22.3 Å². The van der Waals surface area contributed by atoms with Crippen LogP contribution in [-0.2, 0) is 20.7 Å².